The first-order chi connectivity index (χ1) is 13.2. The van der Waals surface area contributed by atoms with Gasteiger partial charge in [-0.2, -0.15) is 4.98 Å². The zero-order valence-corrected chi connectivity index (χ0v) is 16.7. The maximum atomic E-state index is 11.8. The average Bonchev–Trinajstić information content (AvgIpc) is 3.24. The molecule has 0 spiro atoms. The van der Waals surface area contributed by atoms with Crippen LogP contribution in [0.4, 0.5) is 0 Å². The Hall–Kier alpha value is -2.12. The molecule has 1 aromatic carbocycles. The van der Waals surface area contributed by atoms with Crippen LogP contribution in [0.2, 0.25) is 0 Å². The minimum atomic E-state index is -0.261. The van der Waals surface area contributed by atoms with Gasteiger partial charge in [-0.25, -0.2) is 0 Å². The number of esters is 1. The molecule has 1 aliphatic rings. The highest BCUT2D eigenvalue weighted by Crippen LogP contribution is 2.34. The Morgan fingerprint density at radius 3 is 2.93 bits per heavy atom. The number of aryl methyl sites for hydroxylation is 2. The lowest BCUT2D eigenvalue weighted by molar-refractivity contribution is -0.139. The molecular weight excluding hydrogens is 380 g/mol. The van der Waals surface area contributed by atoms with E-state index in [1.54, 1.807) is 6.92 Å². The SMILES string of the molecule is CCOC(=O)CSc1nc2oc3c(c2c(=S)n1Cc1ccccc1)CCC3. The average molecular weight is 401 g/mol. The lowest BCUT2D eigenvalue weighted by Crippen LogP contribution is -2.11. The van der Waals surface area contributed by atoms with E-state index in [9.17, 15) is 4.79 Å². The molecule has 140 valence electrons. The van der Waals surface area contributed by atoms with Gasteiger partial charge in [0.25, 0.3) is 0 Å². The number of benzene rings is 1. The number of carbonyl (C=O) groups is 1. The number of ether oxygens (including phenoxy) is 1. The van der Waals surface area contributed by atoms with E-state index in [4.69, 9.17) is 26.4 Å². The second-order valence-corrected chi connectivity index (χ2v) is 7.73. The van der Waals surface area contributed by atoms with Crippen LogP contribution in [0.15, 0.2) is 39.9 Å². The summed E-state index contributed by atoms with van der Waals surface area (Å²) in [6, 6.07) is 10.1. The van der Waals surface area contributed by atoms with E-state index in [1.165, 1.54) is 17.3 Å². The molecule has 0 bridgehead atoms. The molecule has 4 rings (SSSR count). The lowest BCUT2D eigenvalue weighted by atomic mass is 10.2. The summed E-state index contributed by atoms with van der Waals surface area (Å²) in [5.74, 6) is 0.932. The van der Waals surface area contributed by atoms with Crippen LogP contribution < -0.4 is 0 Å². The molecule has 2 aromatic heterocycles. The predicted molar refractivity (Wildman–Crippen MR) is 108 cm³/mol. The van der Waals surface area contributed by atoms with E-state index in [1.807, 2.05) is 22.8 Å². The number of carbonyl (C=O) groups excluding carboxylic acids is 1. The van der Waals surface area contributed by atoms with Gasteiger partial charge in [-0.05, 0) is 25.3 Å². The molecule has 27 heavy (non-hydrogen) atoms. The smallest absolute Gasteiger partial charge is 0.316 e. The monoisotopic (exact) mass is 400 g/mol. The number of hydrogen-bond acceptors (Lipinski definition) is 6. The van der Waals surface area contributed by atoms with Crippen LogP contribution in [0.25, 0.3) is 11.1 Å². The Labute approximate surface area is 166 Å². The standard InChI is InChI=1S/C20H20N2O3S2/c1-2-24-16(23)12-27-20-21-18-17(14-9-6-10-15(14)25-18)19(26)22(20)11-13-7-4-3-5-8-13/h3-5,7-8H,2,6,9-12H2,1H3. The van der Waals surface area contributed by atoms with Crippen molar-refractivity contribution in [2.24, 2.45) is 0 Å². The van der Waals surface area contributed by atoms with Crippen LogP contribution in [0.3, 0.4) is 0 Å². The molecule has 0 atom stereocenters. The number of fused-ring (bicyclic) bond motifs is 3. The van der Waals surface area contributed by atoms with Crippen molar-refractivity contribution in [3.8, 4) is 0 Å². The fraction of sp³-hybridized carbons (Fsp3) is 0.350. The molecule has 0 radical (unpaired) electrons. The first-order valence-electron chi connectivity index (χ1n) is 9.04. The summed E-state index contributed by atoms with van der Waals surface area (Å²) in [6.07, 6.45) is 3.01. The quantitative estimate of drug-likeness (QED) is 0.262. The fourth-order valence-electron chi connectivity index (χ4n) is 3.40. The third kappa shape index (κ3) is 3.66. The molecule has 5 nitrogen and oxygen atoms in total. The highest BCUT2D eigenvalue weighted by atomic mass is 32.2. The normalized spacial score (nSPS) is 13.1. The van der Waals surface area contributed by atoms with E-state index in [0.717, 1.165) is 40.6 Å². The molecule has 0 saturated carbocycles. The van der Waals surface area contributed by atoms with Gasteiger partial charge < -0.3 is 13.7 Å². The minimum absolute atomic E-state index is 0.191. The van der Waals surface area contributed by atoms with Crippen molar-refractivity contribution in [1.29, 1.82) is 0 Å². The summed E-state index contributed by atoms with van der Waals surface area (Å²) in [7, 11) is 0. The van der Waals surface area contributed by atoms with Crippen molar-refractivity contribution >= 4 is 41.0 Å². The van der Waals surface area contributed by atoms with Crippen LogP contribution in [0.1, 0.15) is 30.2 Å². The van der Waals surface area contributed by atoms with E-state index < -0.39 is 0 Å². The molecule has 3 aromatic rings. The van der Waals surface area contributed by atoms with Crippen LogP contribution in [-0.4, -0.2) is 27.9 Å². The van der Waals surface area contributed by atoms with Gasteiger partial charge in [-0.3, -0.25) is 4.79 Å². The molecule has 1 aliphatic carbocycles. The van der Waals surface area contributed by atoms with E-state index in [0.29, 0.717) is 24.0 Å². The van der Waals surface area contributed by atoms with Crippen molar-refractivity contribution in [1.82, 2.24) is 9.55 Å². The summed E-state index contributed by atoms with van der Waals surface area (Å²) in [6.45, 7) is 2.77. The number of hydrogen-bond donors (Lipinski definition) is 0. The largest absolute Gasteiger partial charge is 0.465 e. The molecule has 7 heteroatoms. The molecular formula is C20H20N2O3S2. The predicted octanol–water partition coefficient (Wildman–Crippen LogP) is 4.55. The third-order valence-electron chi connectivity index (χ3n) is 4.60. The minimum Gasteiger partial charge on any atom is -0.465 e. The van der Waals surface area contributed by atoms with Gasteiger partial charge >= 0.3 is 5.97 Å². The van der Waals surface area contributed by atoms with Gasteiger partial charge in [0.2, 0.25) is 5.71 Å². The maximum absolute atomic E-state index is 11.8. The summed E-state index contributed by atoms with van der Waals surface area (Å²) >= 11 is 7.17. The Bertz CT molecular complexity index is 1040. The fourth-order valence-corrected chi connectivity index (χ4v) is 4.61. The zero-order valence-electron chi connectivity index (χ0n) is 15.1. The Balaban J connectivity index is 1.78. The second kappa shape index (κ2) is 7.86. The van der Waals surface area contributed by atoms with Crippen molar-refractivity contribution in [2.45, 2.75) is 37.9 Å². The molecule has 0 amide bonds. The number of thioether (sulfide) groups is 1. The first kappa shape index (κ1) is 18.3. The first-order valence-corrected chi connectivity index (χ1v) is 10.4. The van der Waals surface area contributed by atoms with E-state index in [2.05, 4.69) is 12.1 Å². The number of aromatic nitrogens is 2. The number of furan rings is 1. The third-order valence-corrected chi connectivity index (χ3v) is 5.97. The van der Waals surface area contributed by atoms with Crippen LogP contribution in [0, 0.1) is 4.64 Å². The van der Waals surface area contributed by atoms with E-state index >= 15 is 0 Å². The highest BCUT2D eigenvalue weighted by molar-refractivity contribution is 7.99. The van der Waals surface area contributed by atoms with Gasteiger partial charge in [0, 0.05) is 12.0 Å². The number of nitrogens with zero attached hydrogens (tertiary/aromatic N) is 2. The summed E-state index contributed by atoms with van der Waals surface area (Å²) < 4.78 is 13.7. The van der Waals surface area contributed by atoms with Crippen LogP contribution in [0.5, 0.6) is 0 Å². The maximum Gasteiger partial charge on any atom is 0.316 e. The zero-order chi connectivity index (χ0) is 18.8. The Morgan fingerprint density at radius 2 is 2.15 bits per heavy atom. The van der Waals surface area contributed by atoms with Gasteiger partial charge in [0.05, 0.1) is 24.3 Å². The number of rotatable bonds is 6. The molecule has 2 heterocycles. The highest BCUT2D eigenvalue weighted by Gasteiger charge is 2.24. The van der Waals surface area contributed by atoms with Crippen LogP contribution in [-0.2, 0) is 28.9 Å². The Morgan fingerprint density at radius 1 is 1.33 bits per heavy atom. The van der Waals surface area contributed by atoms with Gasteiger partial charge in [0.1, 0.15) is 10.4 Å². The van der Waals surface area contributed by atoms with Crippen molar-refractivity contribution in [2.75, 3.05) is 12.4 Å². The van der Waals surface area contributed by atoms with Crippen LogP contribution >= 0.6 is 24.0 Å². The van der Waals surface area contributed by atoms with Gasteiger partial charge in [-0.1, -0.05) is 54.3 Å². The second-order valence-electron chi connectivity index (χ2n) is 6.40. The van der Waals surface area contributed by atoms with Crippen molar-refractivity contribution < 1.29 is 13.9 Å². The molecule has 0 aliphatic heterocycles. The Kier molecular flexibility index (Phi) is 5.31. The van der Waals surface area contributed by atoms with Crippen molar-refractivity contribution in [3.05, 3.63) is 51.9 Å². The van der Waals surface area contributed by atoms with Gasteiger partial charge in [0.15, 0.2) is 5.16 Å². The molecule has 0 N–H and O–H groups in total. The van der Waals surface area contributed by atoms with E-state index in [-0.39, 0.29) is 11.7 Å². The molecule has 0 fully saturated rings. The molecule has 0 saturated heterocycles. The topological polar surface area (TPSA) is 57.3 Å². The summed E-state index contributed by atoms with van der Waals surface area (Å²) in [5.41, 5.74) is 2.92. The summed E-state index contributed by atoms with van der Waals surface area (Å²) in [4.78, 5) is 16.5. The summed E-state index contributed by atoms with van der Waals surface area (Å²) in [5, 5.41) is 1.63. The van der Waals surface area contributed by atoms with Crippen molar-refractivity contribution in [3.63, 3.8) is 0 Å². The lowest BCUT2D eigenvalue weighted by Gasteiger charge is -2.13. The molecule has 0 unspecified atom stereocenters. The van der Waals surface area contributed by atoms with Gasteiger partial charge in [-0.15, -0.1) is 0 Å².